The number of carbonyl (C=O) groups is 2. The molecule has 23 heavy (non-hydrogen) atoms. The summed E-state index contributed by atoms with van der Waals surface area (Å²) >= 11 is 0. The summed E-state index contributed by atoms with van der Waals surface area (Å²) in [5.41, 5.74) is 0.224. The molecule has 1 aliphatic rings. The van der Waals surface area contributed by atoms with E-state index in [-0.39, 0.29) is 29.8 Å². The molecule has 0 aromatic heterocycles. The number of carboxylic acid groups (broad SMARTS) is 1. The van der Waals surface area contributed by atoms with Crippen molar-refractivity contribution in [1.82, 2.24) is 4.90 Å². The fourth-order valence-electron chi connectivity index (χ4n) is 3.17. The quantitative estimate of drug-likeness (QED) is 0.893. The van der Waals surface area contributed by atoms with Gasteiger partial charge in [-0.15, -0.1) is 0 Å². The van der Waals surface area contributed by atoms with Crippen LogP contribution < -0.4 is 0 Å². The summed E-state index contributed by atoms with van der Waals surface area (Å²) in [5.74, 6) is -1.78. The Morgan fingerprint density at radius 3 is 2.61 bits per heavy atom. The number of hydrogen-bond donors (Lipinski definition) is 2. The van der Waals surface area contributed by atoms with Crippen molar-refractivity contribution in [1.29, 1.82) is 0 Å². The zero-order chi connectivity index (χ0) is 16.6. The molecular weight excluding hydrogens is 294 g/mol. The van der Waals surface area contributed by atoms with Crippen LogP contribution in [0.25, 0.3) is 10.8 Å². The maximum atomic E-state index is 12.8. The van der Waals surface area contributed by atoms with Crippen LogP contribution in [-0.4, -0.2) is 39.6 Å². The van der Waals surface area contributed by atoms with Crippen molar-refractivity contribution < 1.29 is 19.8 Å². The summed E-state index contributed by atoms with van der Waals surface area (Å²) in [4.78, 5) is 25.6. The number of fused-ring (bicyclic) bond motifs is 1. The van der Waals surface area contributed by atoms with Crippen molar-refractivity contribution in [3.8, 4) is 5.75 Å². The lowest BCUT2D eigenvalue weighted by Crippen LogP contribution is -2.47. The predicted octanol–water partition coefficient (Wildman–Crippen LogP) is 2.87. The van der Waals surface area contributed by atoms with Gasteiger partial charge in [-0.25, -0.2) is 0 Å². The highest BCUT2D eigenvalue weighted by Crippen LogP contribution is 2.31. The number of likely N-dealkylation sites (tertiary alicyclic amines) is 1. The van der Waals surface area contributed by atoms with Gasteiger partial charge in [-0.2, -0.15) is 0 Å². The highest BCUT2D eigenvalue weighted by molar-refractivity contribution is 6.03. The van der Waals surface area contributed by atoms with Crippen LogP contribution in [0, 0.1) is 5.92 Å². The lowest BCUT2D eigenvalue weighted by molar-refractivity contribution is -0.143. The first-order valence-electron chi connectivity index (χ1n) is 7.73. The first-order chi connectivity index (χ1) is 11.0. The summed E-state index contributed by atoms with van der Waals surface area (Å²) in [6, 6.07) is 10.7. The summed E-state index contributed by atoms with van der Waals surface area (Å²) in [7, 11) is 0. The lowest BCUT2D eigenvalue weighted by Gasteiger charge is -2.36. The molecule has 2 aromatic carbocycles. The van der Waals surface area contributed by atoms with Crippen molar-refractivity contribution in [2.45, 2.75) is 25.8 Å². The monoisotopic (exact) mass is 313 g/mol. The summed E-state index contributed by atoms with van der Waals surface area (Å²) in [5, 5.41) is 21.1. The first-order valence-corrected chi connectivity index (χ1v) is 7.73. The van der Waals surface area contributed by atoms with Gasteiger partial charge >= 0.3 is 5.97 Å². The minimum absolute atomic E-state index is 0.0380. The molecule has 0 bridgehead atoms. The molecule has 120 valence electrons. The zero-order valence-electron chi connectivity index (χ0n) is 12.9. The van der Waals surface area contributed by atoms with E-state index in [0.29, 0.717) is 18.2 Å². The van der Waals surface area contributed by atoms with Gasteiger partial charge in [0.1, 0.15) is 5.75 Å². The first kappa shape index (κ1) is 15.3. The number of aliphatic carboxylic acids is 1. The van der Waals surface area contributed by atoms with Gasteiger partial charge in [0.15, 0.2) is 0 Å². The van der Waals surface area contributed by atoms with Gasteiger partial charge in [0.05, 0.1) is 11.5 Å². The molecule has 5 nitrogen and oxygen atoms in total. The Morgan fingerprint density at radius 2 is 1.87 bits per heavy atom. The molecule has 1 aliphatic heterocycles. The second kappa shape index (κ2) is 5.91. The van der Waals surface area contributed by atoms with E-state index < -0.39 is 11.9 Å². The zero-order valence-corrected chi connectivity index (χ0v) is 12.9. The van der Waals surface area contributed by atoms with E-state index in [4.69, 9.17) is 0 Å². The molecule has 1 saturated heterocycles. The predicted molar refractivity (Wildman–Crippen MR) is 86.5 cm³/mol. The normalized spacial score (nSPS) is 21.3. The molecular formula is C18H19NO4. The number of hydrogen-bond acceptors (Lipinski definition) is 3. The number of aromatic hydroxyl groups is 1. The fourth-order valence-corrected chi connectivity index (χ4v) is 3.17. The van der Waals surface area contributed by atoms with Crippen LogP contribution in [0.2, 0.25) is 0 Å². The van der Waals surface area contributed by atoms with Gasteiger partial charge in [0.2, 0.25) is 0 Å². The van der Waals surface area contributed by atoms with Gasteiger partial charge in [0.25, 0.3) is 5.91 Å². The second-order valence-corrected chi connectivity index (χ2v) is 6.10. The molecule has 2 atom stereocenters. The van der Waals surface area contributed by atoms with E-state index in [9.17, 15) is 19.8 Å². The molecule has 1 amide bonds. The largest absolute Gasteiger partial charge is 0.506 e. The smallest absolute Gasteiger partial charge is 0.308 e. The SMILES string of the molecule is CC1CCC(C(=O)O)CN1C(=O)c1ccc2ccccc2c1O. The Bertz CT molecular complexity index is 771. The maximum absolute atomic E-state index is 12.8. The molecule has 0 spiro atoms. The number of piperidine rings is 1. The van der Waals surface area contributed by atoms with E-state index in [1.807, 2.05) is 19.1 Å². The number of benzene rings is 2. The van der Waals surface area contributed by atoms with E-state index >= 15 is 0 Å². The third kappa shape index (κ3) is 2.74. The highest BCUT2D eigenvalue weighted by Gasteiger charge is 2.33. The van der Waals surface area contributed by atoms with E-state index in [0.717, 1.165) is 5.39 Å². The number of amides is 1. The van der Waals surface area contributed by atoms with Crippen LogP contribution in [-0.2, 0) is 4.79 Å². The fraction of sp³-hybridized carbons (Fsp3) is 0.333. The minimum atomic E-state index is -0.877. The van der Waals surface area contributed by atoms with E-state index in [1.165, 1.54) is 0 Å². The summed E-state index contributed by atoms with van der Waals surface area (Å²) in [6.45, 7) is 2.09. The summed E-state index contributed by atoms with van der Waals surface area (Å²) < 4.78 is 0. The van der Waals surface area contributed by atoms with Crippen molar-refractivity contribution in [2.75, 3.05) is 6.54 Å². The molecule has 2 unspecified atom stereocenters. The van der Waals surface area contributed by atoms with Crippen molar-refractivity contribution in [3.63, 3.8) is 0 Å². The average molecular weight is 313 g/mol. The molecule has 0 saturated carbocycles. The van der Waals surface area contributed by atoms with Gasteiger partial charge in [-0.3, -0.25) is 9.59 Å². The third-order valence-electron chi connectivity index (χ3n) is 4.62. The maximum Gasteiger partial charge on any atom is 0.308 e. The van der Waals surface area contributed by atoms with Crippen LogP contribution in [0.1, 0.15) is 30.1 Å². The number of carbonyl (C=O) groups excluding carboxylic acids is 1. The molecule has 3 rings (SSSR count). The lowest BCUT2D eigenvalue weighted by atomic mass is 9.92. The van der Waals surface area contributed by atoms with Crippen LogP contribution in [0.5, 0.6) is 5.75 Å². The van der Waals surface area contributed by atoms with Crippen molar-refractivity contribution in [3.05, 3.63) is 42.0 Å². The number of phenols is 1. The Kier molecular flexibility index (Phi) is 3.94. The van der Waals surface area contributed by atoms with Gasteiger partial charge < -0.3 is 15.1 Å². The van der Waals surface area contributed by atoms with Crippen molar-refractivity contribution in [2.24, 2.45) is 5.92 Å². The number of carboxylic acids is 1. The van der Waals surface area contributed by atoms with Crippen LogP contribution >= 0.6 is 0 Å². The Morgan fingerprint density at radius 1 is 1.13 bits per heavy atom. The molecule has 5 heteroatoms. The van der Waals surface area contributed by atoms with E-state index in [2.05, 4.69) is 0 Å². The number of nitrogens with zero attached hydrogens (tertiary/aromatic N) is 1. The molecule has 0 radical (unpaired) electrons. The molecule has 2 aromatic rings. The van der Waals surface area contributed by atoms with Crippen LogP contribution in [0.3, 0.4) is 0 Å². The molecule has 1 heterocycles. The highest BCUT2D eigenvalue weighted by atomic mass is 16.4. The number of phenolic OH excluding ortho intramolecular Hbond substituents is 1. The Hall–Kier alpha value is -2.56. The minimum Gasteiger partial charge on any atom is -0.506 e. The van der Waals surface area contributed by atoms with Crippen LogP contribution in [0.4, 0.5) is 0 Å². The molecule has 1 fully saturated rings. The van der Waals surface area contributed by atoms with Gasteiger partial charge in [-0.1, -0.05) is 30.3 Å². The standard InChI is InChI=1S/C18H19NO4/c1-11-6-7-13(18(22)23)10-19(11)17(21)15-9-8-12-4-2-3-5-14(12)16(15)20/h2-5,8-9,11,13,20H,6-7,10H2,1H3,(H,22,23). The Balaban J connectivity index is 1.96. The van der Waals surface area contributed by atoms with Crippen molar-refractivity contribution >= 4 is 22.6 Å². The molecule has 0 aliphatic carbocycles. The average Bonchev–Trinajstić information content (AvgIpc) is 2.55. The van der Waals surface area contributed by atoms with E-state index in [1.54, 1.807) is 29.2 Å². The second-order valence-electron chi connectivity index (χ2n) is 6.10. The Labute approximate surface area is 134 Å². The number of rotatable bonds is 2. The molecule has 2 N–H and O–H groups in total. The van der Waals surface area contributed by atoms with Crippen LogP contribution in [0.15, 0.2) is 36.4 Å². The summed E-state index contributed by atoms with van der Waals surface area (Å²) in [6.07, 6.45) is 1.22. The third-order valence-corrected chi connectivity index (χ3v) is 4.62. The topological polar surface area (TPSA) is 77.8 Å². The van der Waals surface area contributed by atoms with Gasteiger partial charge in [0, 0.05) is 18.0 Å². The van der Waals surface area contributed by atoms with Gasteiger partial charge in [-0.05, 0) is 31.2 Å².